The Morgan fingerprint density at radius 3 is 2.10 bits per heavy atom. The lowest BCUT2D eigenvalue weighted by Gasteiger charge is -2.15. The number of carbonyl (C=O) groups excluding carboxylic acids is 1. The maximum absolute atomic E-state index is 12.6. The van der Waals surface area contributed by atoms with Gasteiger partial charge in [-0.3, -0.25) is 4.79 Å². The third kappa shape index (κ3) is 4.84. The molecule has 6 nitrogen and oxygen atoms in total. The molecule has 0 aromatic heterocycles. The van der Waals surface area contributed by atoms with E-state index < -0.39 is 0 Å². The van der Waals surface area contributed by atoms with Crippen molar-refractivity contribution in [1.29, 1.82) is 0 Å². The maximum Gasteiger partial charge on any atom is 0.255 e. The smallest absolute Gasteiger partial charge is 0.255 e. The fourth-order valence-corrected chi connectivity index (χ4v) is 3.08. The summed E-state index contributed by atoms with van der Waals surface area (Å²) in [6, 6.07) is 21.1. The van der Waals surface area contributed by atoms with Gasteiger partial charge in [0, 0.05) is 17.7 Å². The first-order valence-corrected chi connectivity index (χ1v) is 9.53. The van der Waals surface area contributed by atoms with Crippen LogP contribution in [0.1, 0.15) is 10.4 Å². The molecule has 30 heavy (non-hydrogen) atoms. The van der Waals surface area contributed by atoms with E-state index in [1.54, 1.807) is 12.1 Å². The number of amides is 1. The van der Waals surface area contributed by atoms with Crippen molar-refractivity contribution in [3.05, 3.63) is 72.3 Å². The predicted octanol–water partition coefficient (Wildman–Crippen LogP) is 4.19. The summed E-state index contributed by atoms with van der Waals surface area (Å²) in [4.78, 5) is 12.6. The Hall–Kier alpha value is -3.67. The van der Waals surface area contributed by atoms with E-state index in [2.05, 4.69) is 5.32 Å². The van der Waals surface area contributed by atoms with E-state index in [1.807, 2.05) is 54.6 Å². The molecule has 0 saturated carbocycles. The van der Waals surface area contributed by atoms with E-state index in [9.17, 15) is 4.79 Å². The van der Waals surface area contributed by atoms with Crippen LogP contribution >= 0.6 is 0 Å². The molecule has 0 radical (unpaired) electrons. The van der Waals surface area contributed by atoms with Crippen LogP contribution in [-0.2, 0) is 0 Å². The number of hydrogen-bond acceptors (Lipinski definition) is 5. The summed E-state index contributed by atoms with van der Waals surface area (Å²) in [6.07, 6.45) is 0. The van der Waals surface area contributed by atoms with Gasteiger partial charge in [-0.05, 0) is 11.6 Å². The van der Waals surface area contributed by atoms with Gasteiger partial charge < -0.3 is 24.3 Å². The van der Waals surface area contributed by atoms with Gasteiger partial charge in [0.05, 0.1) is 33.4 Å². The largest absolute Gasteiger partial charge is 0.496 e. The van der Waals surface area contributed by atoms with Crippen molar-refractivity contribution >= 4 is 5.91 Å². The molecule has 0 aliphatic rings. The molecule has 0 heterocycles. The number of ether oxygens (including phenoxy) is 4. The fraction of sp³-hybridized carbons (Fsp3) is 0.208. The molecule has 156 valence electrons. The molecule has 0 spiro atoms. The lowest BCUT2D eigenvalue weighted by molar-refractivity contribution is 0.0943. The SMILES string of the molecule is COc1cc(OC)c(C(=O)NCCOc2ccccc2-c2ccccc2)cc1OC. The highest BCUT2D eigenvalue weighted by Crippen LogP contribution is 2.34. The Balaban J connectivity index is 1.64. The van der Waals surface area contributed by atoms with Crippen molar-refractivity contribution in [2.24, 2.45) is 0 Å². The monoisotopic (exact) mass is 407 g/mol. The van der Waals surface area contributed by atoms with Gasteiger partial charge in [-0.1, -0.05) is 48.5 Å². The van der Waals surface area contributed by atoms with Crippen molar-refractivity contribution in [2.45, 2.75) is 0 Å². The van der Waals surface area contributed by atoms with Gasteiger partial charge in [-0.2, -0.15) is 0 Å². The molecule has 0 fully saturated rings. The molecule has 1 N–H and O–H groups in total. The molecular formula is C24H25NO5. The quantitative estimate of drug-likeness (QED) is 0.539. The molecular weight excluding hydrogens is 382 g/mol. The van der Waals surface area contributed by atoms with Crippen LogP contribution in [0.25, 0.3) is 11.1 Å². The zero-order valence-electron chi connectivity index (χ0n) is 17.3. The highest BCUT2D eigenvalue weighted by Gasteiger charge is 2.17. The van der Waals surface area contributed by atoms with Gasteiger partial charge in [-0.15, -0.1) is 0 Å². The van der Waals surface area contributed by atoms with Crippen LogP contribution in [0.2, 0.25) is 0 Å². The standard InChI is InChI=1S/C24H25NO5/c1-27-21-16-23(29-3)22(28-2)15-19(21)24(26)25-13-14-30-20-12-8-7-11-18(20)17-9-5-4-6-10-17/h4-12,15-16H,13-14H2,1-3H3,(H,25,26). The van der Waals surface area contributed by atoms with Crippen LogP contribution in [0.3, 0.4) is 0 Å². The molecule has 0 bridgehead atoms. The first kappa shape index (κ1) is 21.0. The van der Waals surface area contributed by atoms with E-state index in [-0.39, 0.29) is 5.91 Å². The maximum atomic E-state index is 12.6. The van der Waals surface area contributed by atoms with Gasteiger partial charge in [0.2, 0.25) is 0 Å². The minimum atomic E-state index is -0.284. The van der Waals surface area contributed by atoms with Gasteiger partial charge in [-0.25, -0.2) is 0 Å². The van der Waals surface area contributed by atoms with Gasteiger partial charge in [0.1, 0.15) is 18.1 Å². The van der Waals surface area contributed by atoms with Crippen LogP contribution < -0.4 is 24.3 Å². The van der Waals surface area contributed by atoms with Crippen LogP contribution in [0.5, 0.6) is 23.0 Å². The van der Waals surface area contributed by atoms with E-state index in [0.717, 1.165) is 16.9 Å². The summed E-state index contributed by atoms with van der Waals surface area (Å²) in [7, 11) is 4.55. The Morgan fingerprint density at radius 2 is 1.40 bits per heavy atom. The van der Waals surface area contributed by atoms with E-state index in [1.165, 1.54) is 21.3 Å². The summed E-state index contributed by atoms with van der Waals surface area (Å²) in [6.45, 7) is 0.657. The molecule has 0 aliphatic heterocycles. The molecule has 3 aromatic rings. The molecule has 6 heteroatoms. The molecule has 3 rings (SSSR count). The second-order valence-corrected chi connectivity index (χ2v) is 6.37. The zero-order valence-corrected chi connectivity index (χ0v) is 17.3. The highest BCUT2D eigenvalue weighted by atomic mass is 16.5. The van der Waals surface area contributed by atoms with E-state index in [0.29, 0.717) is 36.0 Å². The Bertz CT molecular complexity index is 988. The van der Waals surface area contributed by atoms with Crippen molar-refractivity contribution in [2.75, 3.05) is 34.5 Å². The summed E-state index contributed by atoms with van der Waals surface area (Å²) in [5.41, 5.74) is 2.44. The highest BCUT2D eigenvalue weighted by molar-refractivity contribution is 5.97. The van der Waals surface area contributed by atoms with Crippen LogP contribution in [0.15, 0.2) is 66.7 Å². The summed E-state index contributed by atoms with van der Waals surface area (Å²) < 4.78 is 21.8. The van der Waals surface area contributed by atoms with Crippen molar-refractivity contribution in [1.82, 2.24) is 5.32 Å². The van der Waals surface area contributed by atoms with Gasteiger partial charge in [0.25, 0.3) is 5.91 Å². The molecule has 0 aliphatic carbocycles. The van der Waals surface area contributed by atoms with Crippen LogP contribution in [0.4, 0.5) is 0 Å². The summed E-state index contributed by atoms with van der Waals surface area (Å²) >= 11 is 0. The predicted molar refractivity (Wildman–Crippen MR) is 116 cm³/mol. The van der Waals surface area contributed by atoms with Crippen molar-refractivity contribution < 1.29 is 23.7 Å². The molecule has 3 aromatic carbocycles. The Labute approximate surface area is 176 Å². The number of rotatable bonds is 9. The molecule has 0 saturated heterocycles. The third-order valence-electron chi connectivity index (χ3n) is 4.57. The second kappa shape index (κ2) is 10.2. The third-order valence-corrected chi connectivity index (χ3v) is 4.57. The number of carbonyl (C=O) groups is 1. The minimum absolute atomic E-state index is 0.284. The van der Waals surface area contributed by atoms with Gasteiger partial charge in [0.15, 0.2) is 11.5 Å². The molecule has 1 amide bonds. The second-order valence-electron chi connectivity index (χ2n) is 6.37. The minimum Gasteiger partial charge on any atom is -0.496 e. The normalized spacial score (nSPS) is 10.2. The van der Waals surface area contributed by atoms with Crippen molar-refractivity contribution in [3.8, 4) is 34.1 Å². The van der Waals surface area contributed by atoms with Crippen molar-refractivity contribution in [3.63, 3.8) is 0 Å². The first-order valence-electron chi connectivity index (χ1n) is 9.53. The van der Waals surface area contributed by atoms with E-state index >= 15 is 0 Å². The number of benzene rings is 3. The fourth-order valence-electron chi connectivity index (χ4n) is 3.08. The molecule has 0 unspecified atom stereocenters. The van der Waals surface area contributed by atoms with Gasteiger partial charge >= 0.3 is 0 Å². The average Bonchev–Trinajstić information content (AvgIpc) is 2.81. The lowest BCUT2D eigenvalue weighted by atomic mass is 10.1. The topological polar surface area (TPSA) is 66.0 Å². The number of methoxy groups -OCH3 is 3. The number of para-hydroxylation sites is 1. The summed E-state index contributed by atoms with van der Waals surface area (Å²) in [5.74, 6) is 1.83. The number of nitrogens with one attached hydrogen (secondary N) is 1. The Morgan fingerprint density at radius 1 is 0.767 bits per heavy atom. The zero-order chi connectivity index (χ0) is 21.3. The number of hydrogen-bond donors (Lipinski definition) is 1. The summed E-state index contributed by atoms with van der Waals surface area (Å²) in [5, 5.41) is 2.85. The lowest BCUT2D eigenvalue weighted by Crippen LogP contribution is -2.28. The van der Waals surface area contributed by atoms with E-state index in [4.69, 9.17) is 18.9 Å². The first-order chi connectivity index (χ1) is 14.7. The Kier molecular flexibility index (Phi) is 7.16. The molecule has 0 atom stereocenters. The van der Waals surface area contributed by atoms with Crippen LogP contribution in [0, 0.1) is 0 Å². The average molecular weight is 407 g/mol. The van der Waals surface area contributed by atoms with Crippen LogP contribution in [-0.4, -0.2) is 40.4 Å².